The molecule has 1 saturated carbocycles. The normalized spacial score (nSPS) is 17.3. The Morgan fingerprint density at radius 3 is 2.03 bits per heavy atom. The summed E-state index contributed by atoms with van der Waals surface area (Å²) in [6.45, 7) is 2.04. The molecule has 0 aliphatic heterocycles. The molecule has 33 heavy (non-hydrogen) atoms. The van der Waals surface area contributed by atoms with E-state index in [1.165, 1.54) is 26.4 Å². The second-order valence-electron chi connectivity index (χ2n) is 7.95. The lowest BCUT2D eigenvalue weighted by molar-refractivity contribution is -0.142. The van der Waals surface area contributed by atoms with Crippen LogP contribution in [0.3, 0.4) is 0 Å². The minimum Gasteiger partial charge on any atom is -0.467 e. The van der Waals surface area contributed by atoms with Gasteiger partial charge in [0.05, 0.1) is 14.2 Å². The number of carbonyl (C=O) groups excluding carboxylic acids is 4. The Balaban J connectivity index is 1.61. The molecule has 9 nitrogen and oxygen atoms in total. The Labute approximate surface area is 191 Å². The first-order valence-corrected chi connectivity index (χ1v) is 10.5. The number of hydrogen-bond acceptors (Lipinski definition) is 6. The number of amides is 3. The van der Waals surface area contributed by atoms with E-state index in [-0.39, 0.29) is 18.2 Å². The SMILES string of the molecule is COC(=O)Nc1ccc(C(=O)N[C@@H](Cc2ccc(NC(=O)C3CC3C)cc2)C(=O)OC)cc1. The molecule has 3 N–H and O–H groups in total. The van der Waals surface area contributed by atoms with Gasteiger partial charge in [0, 0.05) is 29.3 Å². The van der Waals surface area contributed by atoms with Crippen LogP contribution in [0.5, 0.6) is 0 Å². The van der Waals surface area contributed by atoms with E-state index >= 15 is 0 Å². The van der Waals surface area contributed by atoms with Gasteiger partial charge in [0.2, 0.25) is 5.91 Å². The van der Waals surface area contributed by atoms with Crippen LogP contribution >= 0.6 is 0 Å². The molecule has 174 valence electrons. The predicted octanol–water partition coefficient (Wildman–Crippen LogP) is 2.97. The summed E-state index contributed by atoms with van der Waals surface area (Å²) in [5, 5.41) is 8.06. The Morgan fingerprint density at radius 2 is 1.48 bits per heavy atom. The highest BCUT2D eigenvalue weighted by atomic mass is 16.5. The standard InChI is InChI=1S/C24H27N3O6/c1-14-12-19(14)22(29)25-17-8-4-15(5-9-17)13-20(23(30)32-2)27-21(28)16-6-10-18(11-7-16)26-24(31)33-3/h4-11,14,19-20H,12-13H2,1-3H3,(H,25,29)(H,26,31)(H,27,28)/t14?,19?,20-/m0/s1. The van der Waals surface area contributed by atoms with Crippen molar-refractivity contribution in [1.82, 2.24) is 5.32 Å². The van der Waals surface area contributed by atoms with Gasteiger partial charge in [-0.15, -0.1) is 0 Å². The topological polar surface area (TPSA) is 123 Å². The Kier molecular flexibility index (Phi) is 7.66. The Hall–Kier alpha value is -3.88. The first-order valence-electron chi connectivity index (χ1n) is 10.5. The number of rotatable bonds is 8. The van der Waals surface area contributed by atoms with Crippen LogP contribution in [-0.2, 0) is 25.5 Å². The molecule has 0 heterocycles. The number of hydrogen-bond donors (Lipinski definition) is 3. The van der Waals surface area contributed by atoms with E-state index in [0.29, 0.717) is 22.9 Å². The molecule has 2 aromatic rings. The zero-order chi connectivity index (χ0) is 24.0. The van der Waals surface area contributed by atoms with Crippen LogP contribution in [0.2, 0.25) is 0 Å². The molecule has 0 bridgehead atoms. The summed E-state index contributed by atoms with van der Waals surface area (Å²) in [5.74, 6) is -0.518. The van der Waals surface area contributed by atoms with Gasteiger partial charge in [0.1, 0.15) is 6.04 Å². The highest BCUT2D eigenvalue weighted by Crippen LogP contribution is 2.38. The van der Waals surface area contributed by atoms with Gasteiger partial charge in [0.25, 0.3) is 5.91 Å². The number of anilines is 2. The maximum atomic E-state index is 12.6. The quantitative estimate of drug-likeness (QED) is 0.528. The third kappa shape index (κ3) is 6.55. The molecular weight excluding hydrogens is 426 g/mol. The lowest BCUT2D eigenvalue weighted by Gasteiger charge is -2.17. The zero-order valence-electron chi connectivity index (χ0n) is 18.7. The second-order valence-corrected chi connectivity index (χ2v) is 7.95. The number of benzene rings is 2. The van der Waals surface area contributed by atoms with Gasteiger partial charge in [-0.1, -0.05) is 19.1 Å². The van der Waals surface area contributed by atoms with Crippen molar-refractivity contribution in [2.24, 2.45) is 11.8 Å². The summed E-state index contributed by atoms with van der Waals surface area (Å²) in [5.41, 5.74) is 2.25. The highest BCUT2D eigenvalue weighted by molar-refractivity contribution is 5.97. The van der Waals surface area contributed by atoms with Crippen LogP contribution in [-0.4, -0.2) is 44.1 Å². The Bertz CT molecular complexity index is 1020. The largest absolute Gasteiger partial charge is 0.467 e. The predicted molar refractivity (Wildman–Crippen MR) is 122 cm³/mol. The zero-order valence-corrected chi connectivity index (χ0v) is 18.7. The molecule has 3 rings (SSSR count). The molecule has 3 atom stereocenters. The fourth-order valence-electron chi connectivity index (χ4n) is 3.33. The summed E-state index contributed by atoms with van der Waals surface area (Å²) in [7, 11) is 2.51. The number of carbonyl (C=O) groups is 4. The van der Waals surface area contributed by atoms with Gasteiger partial charge < -0.3 is 20.1 Å². The first kappa shape index (κ1) is 23.8. The number of nitrogens with one attached hydrogen (secondary N) is 3. The van der Waals surface area contributed by atoms with E-state index in [4.69, 9.17) is 4.74 Å². The van der Waals surface area contributed by atoms with Gasteiger partial charge >= 0.3 is 12.1 Å². The fraction of sp³-hybridized carbons (Fsp3) is 0.333. The average molecular weight is 453 g/mol. The minimum absolute atomic E-state index is 0.0164. The average Bonchev–Trinajstić information content (AvgIpc) is 3.56. The van der Waals surface area contributed by atoms with Crippen molar-refractivity contribution in [2.75, 3.05) is 24.9 Å². The first-order chi connectivity index (χ1) is 15.8. The second kappa shape index (κ2) is 10.6. The van der Waals surface area contributed by atoms with Crippen LogP contribution in [0.15, 0.2) is 48.5 Å². The summed E-state index contributed by atoms with van der Waals surface area (Å²) >= 11 is 0. The minimum atomic E-state index is -0.900. The molecule has 1 fully saturated rings. The van der Waals surface area contributed by atoms with E-state index in [1.807, 2.05) is 6.92 Å². The van der Waals surface area contributed by atoms with Gasteiger partial charge in [-0.3, -0.25) is 14.9 Å². The van der Waals surface area contributed by atoms with Crippen LogP contribution in [0.25, 0.3) is 0 Å². The number of methoxy groups -OCH3 is 2. The molecule has 1 aliphatic rings. The summed E-state index contributed by atoms with van der Waals surface area (Å²) in [6.07, 6.45) is 0.508. The maximum Gasteiger partial charge on any atom is 0.411 e. The van der Waals surface area contributed by atoms with E-state index in [1.54, 1.807) is 36.4 Å². The smallest absolute Gasteiger partial charge is 0.411 e. The van der Waals surface area contributed by atoms with Crippen LogP contribution in [0.4, 0.5) is 16.2 Å². The molecule has 0 saturated heterocycles. The molecule has 2 aromatic carbocycles. The number of ether oxygens (including phenoxy) is 2. The van der Waals surface area contributed by atoms with E-state index < -0.39 is 24.0 Å². The molecule has 9 heteroatoms. The van der Waals surface area contributed by atoms with Crippen LogP contribution < -0.4 is 16.0 Å². The molecule has 0 spiro atoms. The number of esters is 1. The van der Waals surface area contributed by atoms with Gasteiger partial charge in [-0.2, -0.15) is 0 Å². The van der Waals surface area contributed by atoms with Crippen molar-refractivity contribution >= 4 is 35.3 Å². The van der Waals surface area contributed by atoms with Crippen molar-refractivity contribution in [1.29, 1.82) is 0 Å². The molecular formula is C24H27N3O6. The molecule has 2 unspecified atom stereocenters. The third-order valence-electron chi connectivity index (χ3n) is 5.48. The Morgan fingerprint density at radius 1 is 0.909 bits per heavy atom. The van der Waals surface area contributed by atoms with Gasteiger partial charge in [0.15, 0.2) is 0 Å². The molecule has 1 aliphatic carbocycles. The van der Waals surface area contributed by atoms with Crippen molar-refractivity contribution in [2.45, 2.75) is 25.8 Å². The highest BCUT2D eigenvalue weighted by Gasteiger charge is 2.39. The lowest BCUT2D eigenvalue weighted by atomic mass is 10.0. The molecule has 0 radical (unpaired) electrons. The molecule has 0 aromatic heterocycles. The van der Waals surface area contributed by atoms with Crippen LogP contribution in [0, 0.1) is 11.8 Å². The summed E-state index contributed by atoms with van der Waals surface area (Å²) in [4.78, 5) is 48.2. The van der Waals surface area contributed by atoms with Crippen molar-refractivity contribution in [3.05, 3.63) is 59.7 Å². The van der Waals surface area contributed by atoms with Crippen molar-refractivity contribution in [3.63, 3.8) is 0 Å². The van der Waals surface area contributed by atoms with Crippen molar-refractivity contribution in [3.8, 4) is 0 Å². The van der Waals surface area contributed by atoms with E-state index in [2.05, 4.69) is 20.7 Å². The van der Waals surface area contributed by atoms with Gasteiger partial charge in [-0.05, 0) is 54.3 Å². The monoisotopic (exact) mass is 453 g/mol. The van der Waals surface area contributed by atoms with Crippen LogP contribution in [0.1, 0.15) is 29.3 Å². The lowest BCUT2D eigenvalue weighted by Crippen LogP contribution is -2.43. The molecule has 3 amide bonds. The summed E-state index contributed by atoms with van der Waals surface area (Å²) < 4.78 is 9.37. The fourth-order valence-corrected chi connectivity index (χ4v) is 3.33. The maximum absolute atomic E-state index is 12.6. The van der Waals surface area contributed by atoms with Gasteiger partial charge in [-0.25, -0.2) is 9.59 Å². The third-order valence-corrected chi connectivity index (χ3v) is 5.48. The summed E-state index contributed by atoms with van der Waals surface area (Å²) in [6, 6.07) is 12.4. The van der Waals surface area contributed by atoms with Crippen molar-refractivity contribution < 1.29 is 28.7 Å². The van der Waals surface area contributed by atoms with E-state index in [9.17, 15) is 19.2 Å². The van der Waals surface area contributed by atoms with E-state index in [0.717, 1.165) is 12.0 Å².